The molecule has 0 unspecified atom stereocenters. The molecule has 3 rings (SSSR count). The quantitative estimate of drug-likeness (QED) is 0.908. The van der Waals surface area contributed by atoms with Gasteiger partial charge in [0.15, 0.2) is 5.13 Å². The minimum atomic E-state index is -0.839. The fraction of sp³-hybridized carbons (Fsp3) is 0.214. The highest BCUT2D eigenvalue weighted by atomic mass is 32.1. The maximum Gasteiger partial charge on any atom is 0.271 e. The third-order valence-corrected chi connectivity index (χ3v) is 3.75. The highest BCUT2D eigenvalue weighted by molar-refractivity contribution is 7.14. The van der Waals surface area contributed by atoms with E-state index in [9.17, 15) is 18.4 Å². The van der Waals surface area contributed by atoms with E-state index in [1.54, 1.807) is 0 Å². The number of rotatable bonds is 4. The molecule has 1 saturated carbocycles. The first-order valence-electron chi connectivity index (χ1n) is 6.55. The Labute approximate surface area is 128 Å². The Morgan fingerprint density at radius 3 is 2.45 bits per heavy atom. The zero-order chi connectivity index (χ0) is 15.7. The maximum atomic E-state index is 13.1. The molecule has 0 bridgehead atoms. The first kappa shape index (κ1) is 14.6. The van der Waals surface area contributed by atoms with Gasteiger partial charge in [0.25, 0.3) is 11.8 Å². The number of aromatic nitrogens is 1. The van der Waals surface area contributed by atoms with Gasteiger partial charge in [0.1, 0.15) is 17.3 Å². The standard InChI is InChI=1S/C14H11F2N3O2S/c15-8-3-7(4-9(16)5-8)12(20)19-14-18-11(6-22-14)13(21)17-10-1-2-10/h3-6,10H,1-2H2,(H,17,21)(H,18,19,20). The van der Waals surface area contributed by atoms with Gasteiger partial charge in [-0.1, -0.05) is 0 Å². The first-order chi connectivity index (χ1) is 10.5. The Kier molecular flexibility index (Phi) is 3.84. The highest BCUT2D eigenvalue weighted by Gasteiger charge is 2.25. The van der Waals surface area contributed by atoms with Crippen LogP contribution in [0.1, 0.15) is 33.7 Å². The third kappa shape index (κ3) is 3.45. The Balaban J connectivity index is 1.68. The Morgan fingerprint density at radius 1 is 1.14 bits per heavy atom. The van der Waals surface area contributed by atoms with Gasteiger partial charge < -0.3 is 5.32 Å². The van der Waals surface area contributed by atoms with Gasteiger partial charge >= 0.3 is 0 Å². The van der Waals surface area contributed by atoms with Crippen molar-refractivity contribution in [3.05, 3.63) is 46.5 Å². The largest absolute Gasteiger partial charge is 0.348 e. The first-order valence-corrected chi connectivity index (χ1v) is 7.43. The number of amides is 2. The van der Waals surface area contributed by atoms with E-state index in [1.165, 1.54) is 5.38 Å². The van der Waals surface area contributed by atoms with Gasteiger partial charge in [-0.2, -0.15) is 0 Å². The summed E-state index contributed by atoms with van der Waals surface area (Å²) in [7, 11) is 0. The van der Waals surface area contributed by atoms with Crippen molar-refractivity contribution in [2.45, 2.75) is 18.9 Å². The smallest absolute Gasteiger partial charge is 0.271 e. The summed E-state index contributed by atoms with van der Waals surface area (Å²) in [6.07, 6.45) is 1.93. The second-order valence-electron chi connectivity index (χ2n) is 4.90. The van der Waals surface area contributed by atoms with Crippen molar-refractivity contribution in [1.29, 1.82) is 0 Å². The van der Waals surface area contributed by atoms with Gasteiger partial charge in [0, 0.05) is 23.1 Å². The zero-order valence-corrected chi connectivity index (χ0v) is 12.0. The van der Waals surface area contributed by atoms with Crippen LogP contribution < -0.4 is 10.6 Å². The predicted octanol–water partition coefficient (Wildman–Crippen LogP) is 2.57. The van der Waals surface area contributed by atoms with E-state index in [4.69, 9.17) is 0 Å². The molecule has 5 nitrogen and oxygen atoms in total. The molecule has 0 radical (unpaired) electrons. The number of hydrogen-bond donors (Lipinski definition) is 2. The predicted molar refractivity (Wildman–Crippen MR) is 76.9 cm³/mol. The van der Waals surface area contributed by atoms with Crippen LogP contribution in [0.3, 0.4) is 0 Å². The zero-order valence-electron chi connectivity index (χ0n) is 11.2. The van der Waals surface area contributed by atoms with Gasteiger partial charge in [-0.3, -0.25) is 14.9 Å². The molecule has 1 aromatic carbocycles. The second-order valence-corrected chi connectivity index (χ2v) is 5.76. The minimum absolute atomic E-state index is 0.156. The SMILES string of the molecule is O=C(Nc1nc(C(=O)NC2CC2)cs1)c1cc(F)cc(F)c1. The van der Waals surface area contributed by atoms with Gasteiger partial charge in [0.05, 0.1) is 0 Å². The van der Waals surface area contributed by atoms with Crippen molar-refractivity contribution in [1.82, 2.24) is 10.3 Å². The number of nitrogens with zero attached hydrogens (tertiary/aromatic N) is 1. The average molecular weight is 323 g/mol. The summed E-state index contributed by atoms with van der Waals surface area (Å²) in [5.74, 6) is -2.67. The number of anilines is 1. The molecule has 2 amide bonds. The van der Waals surface area contributed by atoms with E-state index in [-0.39, 0.29) is 28.3 Å². The van der Waals surface area contributed by atoms with E-state index in [0.29, 0.717) is 6.07 Å². The van der Waals surface area contributed by atoms with Crippen LogP contribution in [0.25, 0.3) is 0 Å². The van der Waals surface area contributed by atoms with Crippen LogP contribution in [0.15, 0.2) is 23.6 Å². The van der Waals surface area contributed by atoms with Gasteiger partial charge in [-0.05, 0) is 25.0 Å². The normalized spacial score (nSPS) is 13.7. The lowest BCUT2D eigenvalue weighted by molar-refractivity contribution is 0.0945. The summed E-state index contributed by atoms with van der Waals surface area (Å²) in [5.41, 5.74) is 0.0503. The van der Waals surface area contributed by atoms with E-state index in [0.717, 1.165) is 36.3 Å². The molecule has 0 spiro atoms. The molecular formula is C14H11F2N3O2S. The van der Waals surface area contributed by atoms with E-state index < -0.39 is 17.5 Å². The van der Waals surface area contributed by atoms with Crippen molar-refractivity contribution in [3.8, 4) is 0 Å². The summed E-state index contributed by atoms with van der Waals surface area (Å²) in [4.78, 5) is 27.7. The molecular weight excluding hydrogens is 312 g/mol. The Hall–Kier alpha value is -2.35. The van der Waals surface area contributed by atoms with Crippen LogP contribution in [0, 0.1) is 11.6 Å². The number of carbonyl (C=O) groups excluding carboxylic acids is 2. The summed E-state index contributed by atoms with van der Waals surface area (Å²) in [6.45, 7) is 0. The summed E-state index contributed by atoms with van der Waals surface area (Å²) >= 11 is 1.07. The number of hydrogen-bond acceptors (Lipinski definition) is 4. The molecule has 0 atom stereocenters. The topological polar surface area (TPSA) is 71.1 Å². The van der Waals surface area contributed by atoms with E-state index in [2.05, 4.69) is 15.6 Å². The van der Waals surface area contributed by atoms with Crippen molar-refractivity contribution in [3.63, 3.8) is 0 Å². The maximum absolute atomic E-state index is 13.1. The molecule has 1 aliphatic rings. The number of nitrogens with one attached hydrogen (secondary N) is 2. The molecule has 0 saturated heterocycles. The fourth-order valence-corrected chi connectivity index (χ4v) is 2.46. The van der Waals surface area contributed by atoms with Crippen LogP contribution in [-0.2, 0) is 0 Å². The van der Waals surface area contributed by atoms with Crippen molar-refractivity contribution in [2.75, 3.05) is 5.32 Å². The van der Waals surface area contributed by atoms with Crippen LogP contribution in [0.2, 0.25) is 0 Å². The van der Waals surface area contributed by atoms with Crippen molar-refractivity contribution >= 4 is 28.3 Å². The molecule has 1 fully saturated rings. The average Bonchev–Trinajstić information content (AvgIpc) is 3.13. The summed E-state index contributed by atoms with van der Waals surface area (Å²) in [5, 5.41) is 6.89. The number of carbonyl (C=O) groups is 2. The number of benzene rings is 1. The number of halogens is 2. The minimum Gasteiger partial charge on any atom is -0.348 e. The summed E-state index contributed by atoms with van der Waals surface area (Å²) in [6, 6.07) is 2.74. The Morgan fingerprint density at radius 2 is 1.82 bits per heavy atom. The summed E-state index contributed by atoms with van der Waals surface area (Å²) < 4.78 is 26.2. The third-order valence-electron chi connectivity index (χ3n) is 2.99. The van der Waals surface area contributed by atoms with Gasteiger partial charge in [-0.15, -0.1) is 11.3 Å². The van der Waals surface area contributed by atoms with Crippen LogP contribution in [0.4, 0.5) is 13.9 Å². The van der Waals surface area contributed by atoms with Gasteiger partial charge in [-0.25, -0.2) is 13.8 Å². The highest BCUT2D eigenvalue weighted by Crippen LogP contribution is 2.21. The Bertz CT molecular complexity index is 723. The van der Waals surface area contributed by atoms with E-state index >= 15 is 0 Å². The van der Waals surface area contributed by atoms with Gasteiger partial charge in [0.2, 0.25) is 0 Å². The van der Waals surface area contributed by atoms with E-state index in [1.807, 2.05) is 0 Å². The number of thiazole rings is 1. The molecule has 0 aliphatic heterocycles. The molecule has 2 aromatic rings. The lowest BCUT2D eigenvalue weighted by Crippen LogP contribution is -2.25. The molecule has 8 heteroatoms. The van der Waals surface area contributed by atoms with Crippen LogP contribution in [0.5, 0.6) is 0 Å². The molecule has 22 heavy (non-hydrogen) atoms. The lowest BCUT2D eigenvalue weighted by atomic mass is 10.2. The molecule has 114 valence electrons. The van der Waals surface area contributed by atoms with Crippen LogP contribution >= 0.6 is 11.3 Å². The second kappa shape index (κ2) is 5.80. The monoisotopic (exact) mass is 323 g/mol. The lowest BCUT2D eigenvalue weighted by Gasteiger charge is -2.02. The molecule has 1 aliphatic carbocycles. The van der Waals surface area contributed by atoms with Crippen LogP contribution in [-0.4, -0.2) is 22.8 Å². The fourth-order valence-electron chi connectivity index (χ4n) is 1.78. The molecule has 2 N–H and O–H groups in total. The van der Waals surface area contributed by atoms with Crippen molar-refractivity contribution in [2.24, 2.45) is 0 Å². The molecule has 1 heterocycles. The van der Waals surface area contributed by atoms with Crippen molar-refractivity contribution < 1.29 is 18.4 Å². The molecule has 1 aromatic heterocycles.